The Morgan fingerprint density at radius 2 is 2.06 bits per heavy atom. The summed E-state index contributed by atoms with van der Waals surface area (Å²) in [6.45, 7) is 1.32. The smallest absolute Gasteiger partial charge is 0.252 e. The van der Waals surface area contributed by atoms with Gasteiger partial charge in [-0.15, -0.1) is 0 Å². The topological polar surface area (TPSA) is 88.2 Å². The highest BCUT2D eigenvalue weighted by Gasteiger charge is 2.34. The van der Waals surface area contributed by atoms with Crippen LogP contribution in [0.1, 0.15) is 38.5 Å². The van der Waals surface area contributed by atoms with E-state index in [0.29, 0.717) is 13.2 Å². The number of oxime groups is 1. The molecule has 18 heavy (non-hydrogen) atoms. The molecule has 2 saturated heterocycles. The van der Waals surface area contributed by atoms with Gasteiger partial charge in [0.1, 0.15) is 6.10 Å². The highest BCUT2D eigenvalue weighted by molar-refractivity contribution is 5.91. The summed E-state index contributed by atoms with van der Waals surface area (Å²) in [7, 11) is 0. The van der Waals surface area contributed by atoms with Crippen molar-refractivity contribution in [2.75, 3.05) is 13.2 Å². The third kappa shape index (κ3) is 2.75. The molecule has 2 heterocycles. The van der Waals surface area contributed by atoms with E-state index >= 15 is 0 Å². The number of ether oxygens (including phenoxy) is 1. The van der Waals surface area contributed by atoms with Crippen molar-refractivity contribution >= 4 is 11.7 Å². The van der Waals surface area contributed by atoms with E-state index in [2.05, 4.69) is 5.16 Å². The standard InChI is InChI=1S/C12H21N3O3/c13-11(14-17)9-5-1-3-7-15(9)12(16)10-6-2-4-8-18-10/h9-10,17H,1-8H2,(H2,13,14). The number of carbonyl (C=O) groups is 1. The predicted molar refractivity (Wildman–Crippen MR) is 66.4 cm³/mol. The SMILES string of the molecule is NC(=NO)C1CCCCN1C(=O)C1CCCCO1. The predicted octanol–water partition coefficient (Wildman–Crippen LogP) is 0.683. The first-order valence-corrected chi connectivity index (χ1v) is 6.63. The van der Waals surface area contributed by atoms with Crippen LogP contribution in [0.5, 0.6) is 0 Å². The zero-order valence-corrected chi connectivity index (χ0v) is 10.5. The third-order valence-electron chi connectivity index (χ3n) is 3.70. The average molecular weight is 255 g/mol. The van der Waals surface area contributed by atoms with Crippen molar-refractivity contribution in [3.8, 4) is 0 Å². The molecule has 2 unspecified atom stereocenters. The van der Waals surface area contributed by atoms with E-state index in [4.69, 9.17) is 15.7 Å². The molecular weight excluding hydrogens is 234 g/mol. The van der Waals surface area contributed by atoms with Gasteiger partial charge in [-0.3, -0.25) is 4.79 Å². The molecule has 3 N–H and O–H groups in total. The fraction of sp³-hybridized carbons (Fsp3) is 0.833. The second-order valence-corrected chi connectivity index (χ2v) is 4.92. The van der Waals surface area contributed by atoms with E-state index in [1.165, 1.54) is 0 Å². The monoisotopic (exact) mass is 255 g/mol. The molecule has 0 radical (unpaired) electrons. The van der Waals surface area contributed by atoms with Crippen molar-refractivity contribution < 1.29 is 14.7 Å². The lowest BCUT2D eigenvalue weighted by Crippen LogP contribution is -2.54. The van der Waals surface area contributed by atoms with Crippen LogP contribution in [0.3, 0.4) is 0 Å². The molecule has 0 bridgehead atoms. The van der Waals surface area contributed by atoms with Crippen LogP contribution >= 0.6 is 0 Å². The van der Waals surface area contributed by atoms with Gasteiger partial charge in [-0.1, -0.05) is 5.16 Å². The van der Waals surface area contributed by atoms with E-state index < -0.39 is 0 Å². The first kappa shape index (κ1) is 13.1. The number of amidine groups is 1. The van der Waals surface area contributed by atoms with Crippen LogP contribution in [0, 0.1) is 0 Å². The fourth-order valence-electron chi connectivity index (χ4n) is 2.69. The van der Waals surface area contributed by atoms with Crippen molar-refractivity contribution in [2.24, 2.45) is 10.9 Å². The molecule has 0 aliphatic carbocycles. The Balaban J connectivity index is 2.05. The van der Waals surface area contributed by atoms with Gasteiger partial charge in [-0.05, 0) is 38.5 Å². The fourth-order valence-corrected chi connectivity index (χ4v) is 2.69. The number of amides is 1. The molecule has 0 saturated carbocycles. The first-order valence-electron chi connectivity index (χ1n) is 6.63. The molecule has 0 spiro atoms. The quantitative estimate of drug-likeness (QED) is 0.329. The van der Waals surface area contributed by atoms with Crippen LogP contribution in [-0.4, -0.2) is 47.1 Å². The van der Waals surface area contributed by atoms with Crippen LogP contribution < -0.4 is 5.73 Å². The molecular formula is C12H21N3O3. The molecule has 2 aliphatic rings. The normalized spacial score (nSPS) is 30.2. The Kier molecular flexibility index (Phi) is 4.41. The molecule has 0 aromatic heterocycles. The van der Waals surface area contributed by atoms with Crippen LogP contribution in [0.25, 0.3) is 0 Å². The van der Waals surface area contributed by atoms with Gasteiger partial charge in [0.05, 0.1) is 6.04 Å². The molecule has 2 fully saturated rings. The van der Waals surface area contributed by atoms with Crippen molar-refractivity contribution in [3.63, 3.8) is 0 Å². The summed E-state index contributed by atoms with van der Waals surface area (Å²) in [6, 6.07) is -0.276. The molecule has 2 aliphatic heterocycles. The first-order chi connectivity index (χ1) is 8.74. The number of hydrogen-bond acceptors (Lipinski definition) is 4. The summed E-state index contributed by atoms with van der Waals surface area (Å²) in [4.78, 5) is 14.1. The lowest BCUT2D eigenvalue weighted by Gasteiger charge is -2.37. The second-order valence-electron chi connectivity index (χ2n) is 4.92. The number of piperidine rings is 1. The number of carbonyl (C=O) groups excluding carboxylic acids is 1. The van der Waals surface area contributed by atoms with Crippen molar-refractivity contribution in [3.05, 3.63) is 0 Å². The number of nitrogens with two attached hydrogens (primary N) is 1. The lowest BCUT2D eigenvalue weighted by atomic mass is 9.99. The Hall–Kier alpha value is -1.30. The molecule has 102 valence electrons. The molecule has 0 aromatic carbocycles. The van der Waals surface area contributed by atoms with Crippen LogP contribution in [-0.2, 0) is 9.53 Å². The van der Waals surface area contributed by atoms with Gasteiger partial charge in [0.15, 0.2) is 5.84 Å². The van der Waals surface area contributed by atoms with Gasteiger partial charge >= 0.3 is 0 Å². The molecule has 2 atom stereocenters. The minimum absolute atomic E-state index is 0.00833. The van der Waals surface area contributed by atoms with Gasteiger partial charge < -0.3 is 20.6 Å². The average Bonchev–Trinajstić information content (AvgIpc) is 2.46. The maximum absolute atomic E-state index is 12.4. The van der Waals surface area contributed by atoms with Crippen LogP contribution in [0.2, 0.25) is 0 Å². The second kappa shape index (κ2) is 6.04. The maximum atomic E-state index is 12.4. The van der Waals surface area contributed by atoms with E-state index in [9.17, 15) is 4.79 Å². The van der Waals surface area contributed by atoms with Gasteiger partial charge in [-0.2, -0.15) is 0 Å². The van der Waals surface area contributed by atoms with Gasteiger partial charge in [0.2, 0.25) is 0 Å². The minimum Gasteiger partial charge on any atom is -0.409 e. The Morgan fingerprint density at radius 1 is 1.28 bits per heavy atom. The maximum Gasteiger partial charge on any atom is 0.252 e. The highest BCUT2D eigenvalue weighted by Crippen LogP contribution is 2.22. The van der Waals surface area contributed by atoms with Crippen molar-refractivity contribution in [2.45, 2.75) is 50.7 Å². The van der Waals surface area contributed by atoms with Crippen molar-refractivity contribution in [1.29, 1.82) is 0 Å². The van der Waals surface area contributed by atoms with Gasteiger partial charge in [0.25, 0.3) is 5.91 Å². The van der Waals surface area contributed by atoms with Gasteiger partial charge in [-0.25, -0.2) is 0 Å². The molecule has 0 aromatic rings. The zero-order valence-electron chi connectivity index (χ0n) is 10.5. The molecule has 6 heteroatoms. The largest absolute Gasteiger partial charge is 0.409 e. The molecule has 2 rings (SSSR count). The number of hydrogen-bond donors (Lipinski definition) is 2. The molecule has 1 amide bonds. The van der Waals surface area contributed by atoms with E-state index in [1.807, 2.05) is 0 Å². The Labute approximate surface area is 107 Å². The van der Waals surface area contributed by atoms with Crippen LogP contribution in [0.4, 0.5) is 0 Å². The number of nitrogens with zero attached hydrogens (tertiary/aromatic N) is 2. The van der Waals surface area contributed by atoms with Crippen LogP contribution in [0.15, 0.2) is 5.16 Å². The van der Waals surface area contributed by atoms with E-state index in [0.717, 1.165) is 38.5 Å². The summed E-state index contributed by atoms with van der Waals surface area (Å²) >= 11 is 0. The highest BCUT2D eigenvalue weighted by atomic mass is 16.5. The summed E-state index contributed by atoms with van der Waals surface area (Å²) in [5.74, 6) is 0.116. The summed E-state index contributed by atoms with van der Waals surface area (Å²) in [6.07, 6.45) is 5.20. The summed E-state index contributed by atoms with van der Waals surface area (Å²) in [5, 5.41) is 11.8. The van der Waals surface area contributed by atoms with E-state index in [1.54, 1.807) is 4.90 Å². The van der Waals surface area contributed by atoms with Crippen molar-refractivity contribution in [1.82, 2.24) is 4.90 Å². The summed E-state index contributed by atoms with van der Waals surface area (Å²) < 4.78 is 5.52. The third-order valence-corrected chi connectivity index (χ3v) is 3.70. The summed E-state index contributed by atoms with van der Waals surface area (Å²) in [5.41, 5.74) is 5.67. The zero-order chi connectivity index (χ0) is 13.0. The lowest BCUT2D eigenvalue weighted by molar-refractivity contribution is -0.148. The van der Waals surface area contributed by atoms with Gasteiger partial charge in [0, 0.05) is 13.2 Å². The Morgan fingerprint density at radius 3 is 2.72 bits per heavy atom. The minimum atomic E-state index is -0.342. The molecule has 6 nitrogen and oxygen atoms in total. The Bertz CT molecular complexity index is 327. The van der Waals surface area contributed by atoms with E-state index in [-0.39, 0.29) is 23.9 Å². The number of rotatable bonds is 2. The number of likely N-dealkylation sites (tertiary alicyclic amines) is 1.